The molecule has 2 amide bonds. The summed E-state index contributed by atoms with van der Waals surface area (Å²) in [5.74, 6) is 0.0435. The average molecular weight is 479 g/mol. The minimum Gasteiger partial charge on any atom is -0.441 e. The quantitative estimate of drug-likeness (QED) is 0.517. The first-order valence-electron chi connectivity index (χ1n) is 10.5. The zero-order chi connectivity index (χ0) is 21.4. The number of carbonyl (C=O) groups is 2. The lowest BCUT2D eigenvalue weighted by Crippen LogP contribution is -2.48. The number of ether oxygens (including phenoxy) is 1. The van der Waals surface area contributed by atoms with E-state index >= 15 is 0 Å². The lowest BCUT2D eigenvalue weighted by molar-refractivity contribution is 0.00319. The van der Waals surface area contributed by atoms with Crippen molar-refractivity contribution in [2.45, 2.75) is 25.0 Å². The van der Waals surface area contributed by atoms with Crippen molar-refractivity contribution in [1.82, 2.24) is 9.80 Å². The molecule has 0 unspecified atom stereocenters. The Labute approximate surface area is 189 Å². The number of hydrogen-bond donors (Lipinski definition) is 0. The van der Waals surface area contributed by atoms with Crippen LogP contribution in [-0.2, 0) is 11.3 Å². The van der Waals surface area contributed by atoms with Crippen molar-refractivity contribution < 1.29 is 14.3 Å². The summed E-state index contributed by atoms with van der Waals surface area (Å²) in [6.45, 7) is 2.26. The fourth-order valence-electron chi connectivity index (χ4n) is 4.63. The number of nitrogens with zero attached hydrogens (tertiary/aromatic N) is 2. The molecule has 0 aliphatic carbocycles. The van der Waals surface area contributed by atoms with E-state index in [4.69, 9.17) is 4.74 Å². The Morgan fingerprint density at radius 3 is 2.55 bits per heavy atom. The third-order valence-electron chi connectivity index (χ3n) is 6.29. The Bertz CT molecular complexity index is 1150. The molecule has 0 bridgehead atoms. The Kier molecular flexibility index (Phi) is 5.18. The number of hydrogen-bond acceptors (Lipinski definition) is 3. The maximum Gasteiger partial charge on any atom is 0.410 e. The van der Waals surface area contributed by atoms with Gasteiger partial charge in [-0.2, -0.15) is 0 Å². The molecule has 5 rings (SSSR count). The van der Waals surface area contributed by atoms with Crippen LogP contribution in [0.15, 0.2) is 71.2 Å². The molecule has 1 spiro atoms. The van der Waals surface area contributed by atoms with Gasteiger partial charge in [0.05, 0.1) is 6.54 Å². The van der Waals surface area contributed by atoms with Crippen LogP contribution in [0.2, 0.25) is 0 Å². The lowest BCUT2D eigenvalue weighted by atomic mass is 9.90. The summed E-state index contributed by atoms with van der Waals surface area (Å²) in [6, 6.07) is 21.8. The van der Waals surface area contributed by atoms with Crippen LogP contribution in [-0.4, -0.2) is 47.0 Å². The molecule has 6 heteroatoms. The van der Waals surface area contributed by atoms with E-state index in [0.717, 1.165) is 26.4 Å². The normalized spacial score (nSPS) is 17.9. The predicted octanol–water partition coefficient (Wildman–Crippen LogP) is 5.23. The fourth-order valence-corrected chi connectivity index (χ4v) is 5.08. The summed E-state index contributed by atoms with van der Waals surface area (Å²) in [6.07, 6.45) is 1.04. The van der Waals surface area contributed by atoms with Gasteiger partial charge in [0.2, 0.25) is 0 Å². The van der Waals surface area contributed by atoms with Gasteiger partial charge in [-0.3, -0.25) is 9.69 Å². The van der Waals surface area contributed by atoms with E-state index in [0.29, 0.717) is 39.0 Å². The van der Waals surface area contributed by atoms with E-state index in [2.05, 4.69) is 15.9 Å². The third kappa shape index (κ3) is 3.92. The van der Waals surface area contributed by atoms with Gasteiger partial charge in [-0.15, -0.1) is 0 Å². The van der Waals surface area contributed by atoms with Crippen LogP contribution in [0, 0.1) is 0 Å². The number of amides is 2. The predicted molar refractivity (Wildman–Crippen MR) is 123 cm³/mol. The standard InChI is InChI=1S/C25H23BrN2O3/c26-20-8-3-5-18(15-20)16-28-17-25(31-24(28)30)11-13-27(14-12-25)23(29)22-10-4-7-19-6-1-2-9-21(19)22/h1-10,15H,11-14,16-17H2. The maximum absolute atomic E-state index is 13.2. The first kappa shape index (κ1) is 20.1. The molecular formula is C25H23BrN2O3. The minimum absolute atomic E-state index is 0.0435. The molecule has 2 aliphatic rings. The smallest absolute Gasteiger partial charge is 0.410 e. The van der Waals surface area contributed by atoms with Crippen LogP contribution >= 0.6 is 15.9 Å². The van der Waals surface area contributed by atoms with E-state index in [1.807, 2.05) is 71.6 Å². The highest BCUT2D eigenvalue weighted by molar-refractivity contribution is 9.10. The van der Waals surface area contributed by atoms with Crippen molar-refractivity contribution in [2.24, 2.45) is 0 Å². The molecule has 2 fully saturated rings. The Hall–Kier alpha value is -2.86. The molecule has 2 heterocycles. The minimum atomic E-state index is -0.501. The van der Waals surface area contributed by atoms with E-state index in [1.54, 1.807) is 4.90 Å². The lowest BCUT2D eigenvalue weighted by Gasteiger charge is -2.37. The molecule has 2 aliphatic heterocycles. The highest BCUT2D eigenvalue weighted by Crippen LogP contribution is 2.35. The van der Waals surface area contributed by atoms with E-state index in [9.17, 15) is 9.59 Å². The SMILES string of the molecule is O=C1OC2(CCN(C(=O)c3cccc4ccccc34)CC2)CN1Cc1cccc(Br)c1. The van der Waals surface area contributed by atoms with Crippen molar-refractivity contribution in [3.63, 3.8) is 0 Å². The molecule has 0 aromatic heterocycles. The van der Waals surface area contributed by atoms with Gasteiger partial charge in [0.1, 0.15) is 5.60 Å². The molecule has 158 valence electrons. The fraction of sp³-hybridized carbons (Fsp3) is 0.280. The van der Waals surface area contributed by atoms with Crippen molar-refractivity contribution in [3.8, 4) is 0 Å². The number of rotatable bonds is 3. The third-order valence-corrected chi connectivity index (χ3v) is 6.78. The second-order valence-electron chi connectivity index (χ2n) is 8.36. The highest BCUT2D eigenvalue weighted by Gasteiger charge is 2.47. The van der Waals surface area contributed by atoms with Gasteiger partial charge in [0.25, 0.3) is 5.91 Å². The summed E-state index contributed by atoms with van der Waals surface area (Å²) >= 11 is 3.48. The molecule has 0 N–H and O–H groups in total. The summed E-state index contributed by atoms with van der Waals surface area (Å²) < 4.78 is 6.84. The molecule has 3 aromatic carbocycles. The number of fused-ring (bicyclic) bond motifs is 1. The second-order valence-corrected chi connectivity index (χ2v) is 9.27. The highest BCUT2D eigenvalue weighted by atomic mass is 79.9. The van der Waals surface area contributed by atoms with Gasteiger partial charge in [-0.25, -0.2) is 4.79 Å². The molecule has 0 atom stereocenters. The van der Waals surface area contributed by atoms with E-state index < -0.39 is 5.60 Å². The molecule has 31 heavy (non-hydrogen) atoms. The number of carbonyl (C=O) groups excluding carboxylic acids is 2. The average Bonchev–Trinajstić information content (AvgIpc) is 3.07. The molecule has 5 nitrogen and oxygen atoms in total. The number of piperidine rings is 1. The van der Waals surface area contributed by atoms with Crippen LogP contribution in [0.1, 0.15) is 28.8 Å². The summed E-state index contributed by atoms with van der Waals surface area (Å²) in [5.41, 5.74) is 1.29. The summed E-state index contributed by atoms with van der Waals surface area (Å²) in [4.78, 5) is 29.4. The van der Waals surface area contributed by atoms with Crippen LogP contribution in [0.3, 0.4) is 0 Å². The summed E-state index contributed by atoms with van der Waals surface area (Å²) in [5, 5.41) is 2.04. The van der Waals surface area contributed by atoms with Gasteiger partial charge in [0.15, 0.2) is 0 Å². The van der Waals surface area contributed by atoms with Gasteiger partial charge in [-0.1, -0.05) is 64.5 Å². The van der Waals surface area contributed by atoms with Gasteiger partial charge < -0.3 is 9.64 Å². The van der Waals surface area contributed by atoms with Crippen LogP contribution in [0.4, 0.5) is 4.79 Å². The van der Waals surface area contributed by atoms with Crippen molar-refractivity contribution in [2.75, 3.05) is 19.6 Å². The zero-order valence-corrected chi connectivity index (χ0v) is 18.7. The van der Waals surface area contributed by atoms with Crippen molar-refractivity contribution in [1.29, 1.82) is 0 Å². The first-order chi connectivity index (χ1) is 15.0. The van der Waals surface area contributed by atoms with Crippen molar-refractivity contribution >= 4 is 38.7 Å². The van der Waals surface area contributed by atoms with E-state index in [-0.39, 0.29) is 12.0 Å². The van der Waals surface area contributed by atoms with Crippen LogP contribution in [0.25, 0.3) is 10.8 Å². The molecule has 3 aromatic rings. The Balaban J connectivity index is 1.27. The first-order valence-corrected chi connectivity index (χ1v) is 11.3. The zero-order valence-electron chi connectivity index (χ0n) is 17.1. The van der Waals surface area contributed by atoms with Crippen LogP contribution < -0.4 is 0 Å². The monoisotopic (exact) mass is 478 g/mol. The largest absolute Gasteiger partial charge is 0.441 e. The molecule has 0 saturated carbocycles. The number of benzene rings is 3. The second kappa shape index (κ2) is 8.00. The molecule has 2 saturated heterocycles. The van der Waals surface area contributed by atoms with Gasteiger partial charge >= 0.3 is 6.09 Å². The summed E-state index contributed by atoms with van der Waals surface area (Å²) in [7, 11) is 0. The Morgan fingerprint density at radius 2 is 1.74 bits per heavy atom. The van der Waals surface area contributed by atoms with Gasteiger partial charge in [0, 0.05) is 42.5 Å². The van der Waals surface area contributed by atoms with E-state index in [1.165, 1.54) is 0 Å². The van der Waals surface area contributed by atoms with Crippen LogP contribution in [0.5, 0.6) is 0 Å². The number of halogens is 1. The van der Waals surface area contributed by atoms with Gasteiger partial charge in [-0.05, 0) is 34.5 Å². The molecule has 0 radical (unpaired) electrons. The Morgan fingerprint density at radius 1 is 1.00 bits per heavy atom. The topological polar surface area (TPSA) is 49.9 Å². The molecular weight excluding hydrogens is 456 g/mol. The maximum atomic E-state index is 13.2. The number of likely N-dealkylation sites (tertiary alicyclic amines) is 1. The van der Waals surface area contributed by atoms with Crippen molar-refractivity contribution in [3.05, 3.63) is 82.3 Å².